The molecule has 0 atom stereocenters. The highest BCUT2D eigenvalue weighted by molar-refractivity contribution is 6.30. The topological polar surface area (TPSA) is 54.6 Å². The van der Waals surface area contributed by atoms with Gasteiger partial charge >= 0.3 is 6.18 Å². The number of nitrogens with one attached hydrogen (secondary N) is 1. The normalized spacial score (nSPS) is 12.0. The Balaban J connectivity index is 2.15. The fourth-order valence-corrected chi connectivity index (χ4v) is 3.00. The summed E-state index contributed by atoms with van der Waals surface area (Å²) in [6.07, 6.45) is -2.88. The van der Waals surface area contributed by atoms with Crippen LogP contribution in [0, 0.1) is 5.41 Å². The van der Waals surface area contributed by atoms with E-state index in [-0.39, 0.29) is 16.3 Å². The summed E-state index contributed by atoms with van der Waals surface area (Å²) in [5.74, 6) is 0. The van der Waals surface area contributed by atoms with Gasteiger partial charge in [0.15, 0.2) is 0 Å². The third kappa shape index (κ3) is 2.70. The third-order valence-electron chi connectivity index (χ3n) is 4.00. The van der Waals surface area contributed by atoms with Gasteiger partial charge in [0.05, 0.1) is 16.6 Å². The standard InChI is InChI=1S/C18H10ClF3N4/c19-14-6-5-13-16(25-14)17-10(9-24-13)4-7-15(23)26(17)12-3-1-2-11(8-12)18(20,21)22/h1-9,23H. The molecular weight excluding hydrogens is 365 g/mol. The number of nitrogens with zero attached hydrogens (tertiary/aromatic N) is 3. The maximum Gasteiger partial charge on any atom is 0.416 e. The molecule has 0 spiro atoms. The molecule has 0 aliphatic carbocycles. The van der Waals surface area contributed by atoms with Gasteiger partial charge in [0.25, 0.3) is 0 Å². The largest absolute Gasteiger partial charge is 0.416 e. The fraction of sp³-hybridized carbons (Fsp3) is 0.0556. The molecule has 4 nitrogen and oxygen atoms in total. The van der Waals surface area contributed by atoms with Crippen molar-refractivity contribution in [2.24, 2.45) is 0 Å². The Morgan fingerprint density at radius 2 is 1.85 bits per heavy atom. The van der Waals surface area contributed by atoms with E-state index in [4.69, 9.17) is 17.0 Å². The highest BCUT2D eigenvalue weighted by Gasteiger charge is 2.30. The predicted molar refractivity (Wildman–Crippen MR) is 92.2 cm³/mol. The first-order valence-electron chi connectivity index (χ1n) is 7.54. The molecule has 0 amide bonds. The van der Waals surface area contributed by atoms with Crippen molar-refractivity contribution in [3.8, 4) is 5.69 Å². The molecule has 0 aliphatic rings. The van der Waals surface area contributed by atoms with Crippen LogP contribution in [0.3, 0.4) is 0 Å². The van der Waals surface area contributed by atoms with Crippen LogP contribution in [0.1, 0.15) is 5.56 Å². The van der Waals surface area contributed by atoms with Crippen LogP contribution in [0.15, 0.2) is 54.7 Å². The second-order valence-electron chi connectivity index (χ2n) is 5.67. The number of fused-ring (bicyclic) bond motifs is 3. The Morgan fingerprint density at radius 1 is 1.04 bits per heavy atom. The summed E-state index contributed by atoms with van der Waals surface area (Å²) in [5, 5.41) is 9.12. The second kappa shape index (κ2) is 5.81. The van der Waals surface area contributed by atoms with E-state index < -0.39 is 11.7 Å². The average molecular weight is 375 g/mol. The van der Waals surface area contributed by atoms with Gasteiger partial charge < -0.3 is 0 Å². The molecule has 0 saturated carbocycles. The minimum atomic E-state index is -4.48. The number of hydrogen-bond donors (Lipinski definition) is 1. The number of halogens is 4. The zero-order valence-electron chi connectivity index (χ0n) is 13.0. The zero-order chi connectivity index (χ0) is 18.5. The van der Waals surface area contributed by atoms with Crippen molar-refractivity contribution < 1.29 is 13.2 Å². The number of benzene rings is 1. The van der Waals surface area contributed by atoms with Crippen molar-refractivity contribution in [1.29, 1.82) is 5.41 Å². The summed E-state index contributed by atoms with van der Waals surface area (Å²) in [5.41, 5.74) is 0.873. The summed E-state index contributed by atoms with van der Waals surface area (Å²) in [7, 11) is 0. The van der Waals surface area contributed by atoms with Gasteiger partial charge in [0.1, 0.15) is 16.2 Å². The summed E-state index contributed by atoms with van der Waals surface area (Å²) in [6, 6.07) is 11.3. The SMILES string of the molecule is N=c1ccc2cnc3ccc(Cl)nc3c2n1-c1cccc(C(F)(F)F)c1. The molecule has 0 bridgehead atoms. The van der Waals surface area contributed by atoms with Crippen LogP contribution in [0.25, 0.3) is 27.6 Å². The maximum absolute atomic E-state index is 13.1. The van der Waals surface area contributed by atoms with Crippen molar-refractivity contribution in [3.63, 3.8) is 0 Å². The number of rotatable bonds is 1. The molecule has 0 radical (unpaired) electrons. The molecule has 3 heterocycles. The van der Waals surface area contributed by atoms with Crippen LogP contribution in [-0.2, 0) is 6.18 Å². The van der Waals surface area contributed by atoms with Crippen molar-refractivity contribution in [2.45, 2.75) is 6.18 Å². The summed E-state index contributed by atoms with van der Waals surface area (Å²) in [6.45, 7) is 0. The van der Waals surface area contributed by atoms with Crippen LogP contribution < -0.4 is 5.49 Å². The Morgan fingerprint density at radius 3 is 2.62 bits per heavy atom. The Labute approximate surface area is 150 Å². The van der Waals surface area contributed by atoms with E-state index in [1.807, 2.05) is 0 Å². The van der Waals surface area contributed by atoms with Gasteiger partial charge in [-0.05, 0) is 42.5 Å². The number of hydrogen-bond acceptors (Lipinski definition) is 3. The Kier molecular flexibility index (Phi) is 3.69. The number of pyridine rings is 3. The molecule has 130 valence electrons. The lowest BCUT2D eigenvalue weighted by molar-refractivity contribution is -0.137. The fourth-order valence-electron chi connectivity index (χ4n) is 2.85. The molecule has 0 aliphatic heterocycles. The van der Waals surface area contributed by atoms with Gasteiger partial charge in [-0.1, -0.05) is 17.7 Å². The van der Waals surface area contributed by atoms with Gasteiger partial charge in [-0.2, -0.15) is 13.2 Å². The quantitative estimate of drug-likeness (QED) is 0.387. The van der Waals surface area contributed by atoms with E-state index in [1.165, 1.54) is 22.8 Å². The number of alkyl halides is 3. The molecule has 0 fully saturated rings. The van der Waals surface area contributed by atoms with Crippen LogP contribution in [0.4, 0.5) is 13.2 Å². The number of aromatic nitrogens is 3. The first-order chi connectivity index (χ1) is 12.3. The van der Waals surface area contributed by atoms with Crippen molar-refractivity contribution in [1.82, 2.24) is 14.5 Å². The van der Waals surface area contributed by atoms with Crippen molar-refractivity contribution in [3.05, 3.63) is 70.9 Å². The molecule has 0 saturated heterocycles. The van der Waals surface area contributed by atoms with E-state index >= 15 is 0 Å². The van der Waals surface area contributed by atoms with E-state index in [9.17, 15) is 13.2 Å². The minimum absolute atomic E-state index is 0.0195. The summed E-state index contributed by atoms with van der Waals surface area (Å²) in [4.78, 5) is 8.57. The van der Waals surface area contributed by atoms with E-state index in [2.05, 4.69) is 9.97 Å². The molecule has 4 rings (SSSR count). The first kappa shape index (κ1) is 16.5. The van der Waals surface area contributed by atoms with Crippen molar-refractivity contribution in [2.75, 3.05) is 0 Å². The third-order valence-corrected chi connectivity index (χ3v) is 4.21. The first-order valence-corrected chi connectivity index (χ1v) is 7.92. The molecule has 1 N–H and O–H groups in total. The highest BCUT2D eigenvalue weighted by atomic mass is 35.5. The monoisotopic (exact) mass is 374 g/mol. The Bertz CT molecular complexity index is 1210. The molecule has 4 aromatic rings. The minimum Gasteiger partial charge on any atom is -0.293 e. The van der Waals surface area contributed by atoms with E-state index in [0.29, 0.717) is 21.9 Å². The predicted octanol–water partition coefficient (Wildman–Crippen LogP) is 4.73. The second-order valence-corrected chi connectivity index (χ2v) is 6.05. The van der Waals surface area contributed by atoms with Crippen LogP contribution in [-0.4, -0.2) is 14.5 Å². The van der Waals surface area contributed by atoms with Gasteiger partial charge in [-0.25, -0.2) is 4.98 Å². The lowest BCUT2D eigenvalue weighted by Gasteiger charge is -2.15. The van der Waals surface area contributed by atoms with Crippen molar-refractivity contribution >= 4 is 33.5 Å². The lowest BCUT2D eigenvalue weighted by atomic mass is 10.1. The van der Waals surface area contributed by atoms with Crippen LogP contribution >= 0.6 is 11.6 Å². The molecule has 8 heteroatoms. The van der Waals surface area contributed by atoms with Gasteiger partial charge in [0.2, 0.25) is 0 Å². The Hall–Kier alpha value is -2.93. The van der Waals surface area contributed by atoms with E-state index in [0.717, 1.165) is 12.1 Å². The molecular formula is C18H10ClF3N4. The lowest BCUT2D eigenvalue weighted by Crippen LogP contribution is -2.19. The zero-order valence-corrected chi connectivity index (χ0v) is 13.8. The van der Waals surface area contributed by atoms with Crippen LogP contribution in [0.2, 0.25) is 5.15 Å². The van der Waals surface area contributed by atoms with Gasteiger partial charge in [-0.3, -0.25) is 15.0 Å². The van der Waals surface area contributed by atoms with E-state index in [1.54, 1.807) is 24.4 Å². The molecule has 3 aromatic heterocycles. The molecule has 1 aromatic carbocycles. The highest BCUT2D eigenvalue weighted by Crippen LogP contribution is 2.31. The van der Waals surface area contributed by atoms with Gasteiger partial charge in [-0.15, -0.1) is 0 Å². The molecule has 26 heavy (non-hydrogen) atoms. The summed E-state index contributed by atoms with van der Waals surface area (Å²) < 4.78 is 40.7. The van der Waals surface area contributed by atoms with Crippen LogP contribution in [0.5, 0.6) is 0 Å². The van der Waals surface area contributed by atoms with Gasteiger partial charge in [0, 0.05) is 17.3 Å². The average Bonchev–Trinajstić information content (AvgIpc) is 2.61. The maximum atomic E-state index is 13.1. The molecule has 0 unspecified atom stereocenters. The smallest absolute Gasteiger partial charge is 0.293 e. The summed E-state index contributed by atoms with van der Waals surface area (Å²) >= 11 is 6.00.